The van der Waals surface area contributed by atoms with Crippen LogP contribution in [-0.2, 0) is 13.5 Å². The van der Waals surface area contributed by atoms with Crippen LogP contribution in [0.5, 0.6) is 5.75 Å². The number of nitrogens with zero attached hydrogens (tertiary/aromatic N) is 3. The summed E-state index contributed by atoms with van der Waals surface area (Å²) >= 11 is 0. The maximum atomic E-state index is 12.9. The SMILES string of the molecule is Cc1c(-c2cccc(C(=O)N(C)CC3Cc4ccccc4O3)c2)cnn1C. The Balaban J connectivity index is 1.48. The van der Waals surface area contributed by atoms with Crippen molar-refractivity contribution in [2.45, 2.75) is 19.4 Å². The summed E-state index contributed by atoms with van der Waals surface area (Å²) in [5.74, 6) is 0.926. The summed E-state index contributed by atoms with van der Waals surface area (Å²) in [6.07, 6.45) is 2.68. The van der Waals surface area contributed by atoms with Crippen LogP contribution in [0.1, 0.15) is 21.6 Å². The molecule has 0 radical (unpaired) electrons. The molecule has 1 aliphatic rings. The Morgan fingerprint density at radius 3 is 2.81 bits per heavy atom. The molecular weight excluding hydrogens is 338 g/mol. The number of rotatable bonds is 4. The third-order valence-corrected chi connectivity index (χ3v) is 5.19. The van der Waals surface area contributed by atoms with Crippen molar-refractivity contribution in [2.75, 3.05) is 13.6 Å². The lowest BCUT2D eigenvalue weighted by atomic mass is 10.0. The minimum absolute atomic E-state index is 0.0000930. The van der Waals surface area contributed by atoms with Crippen LogP contribution in [0.2, 0.25) is 0 Å². The summed E-state index contributed by atoms with van der Waals surface area (Å²) < 4.78 is 7.81. The molecule has 5 heteroatoms. The molecule has 0 aliphatic carbocycles. The molecule has 4 rings (SSSR count). The van der Waals surface area contributed by atoms with Gasteiger partial charge in [-0.3, -0.25) is 9.48 Å². The zero-order valence-electron chi connectivity index (χ0n) is 15.8. The second-order valence-corrected chi connectivity index (χ2v) is 7.09. The van der Waals surface area contributed by atoms with Gasteiger partial charge in [0.25, 0.3) is 5.91 Å². The van der Waals surface area contributed by atoms with Crippen LogP contribution in [-0.4, -0.2) is 40.3 Å². The van der Waals surface area contributed by atoms with Crippen molar-refractivity contribution in [1.29, 1.82) is 0 Å². The maximum Gasteiger partial charge on any atom is 0.253 e. The molecule has 0 N–H and O–H groups in total. The highest BCUT2D eigenvalue weighted by molar-refractivity contribution is 5.95. The molecule has 0 spiro atoms. The largest absolute Gasteiger partial charge is 0.488 e. The lowest BCUT2D eigenvalue weighted by Crippen LogP contribution is -2.36. The van der Waals surface area contributed by atoms with Crippen molar-refractivity contribution in [3.63, 3.8) is 0 Å². The van der Waals surface area contributed by atoms with Crippen molar-refractivity contribution in [3.05, 3.63) is 71.5 Å². The van der Waals surface area contributed by atoms with E-state index >= 15 is 0 Å². The van der Waals surface area contributed by atoms with E-state index in [1.165, 1.54) is 5.56 Å². The van der Waals surface area contributed by atoms with Gasteiger partial charge in [-0.05, 0) is 36.2 Å². The van der Waals surface area contributed by atoms with Gasteiger partial charge in [0.2, 0.25) is 0 Å². The van der Waals surface area contributed by atoms with Gasteiger partial charge in [-0.25, -0.2) is 0 Å². The Hall–Kier alpha value is -3.08. The van der Waals surface area contributed by atoms with E-state index in [9.17, 15) is 4.79 Å². The van der Waals surface area contributed by atoms with E-state index in [4.69, 9.17) is 4.74 Å². The number of ether oxygens (including phenoxy) is 1. The van der Waals surface area contributed by atoms with Gasteiger partial charge < -0.3 is 9.64 Å². The molecule has 2 heterocycles. The number of amides is 1. The maximum absolute atomic E-state index is 12.9. The molecule has 1 amide bonds. The van der Waals surface area contributed by atoms with Crippen LogP contribution in [0, 0.1) is 6.92 Å². The lowest BCUT2D eigenvalue weighted by Gasteiger charge is -2.21. The molecule has 1 atom stereocenters. The summed E-state index contributed by atoms with van der Waals surface area (Å²) in [5.41, 5.74) is 5.00. The predicted molar refractivity (Wildman–Crippen MR) is 105 cm³/mol. The Labute approximate surface area is 159 Å². The topological polar surface area (TPSA) is 47.4 Å². The number of fused-ring (bicyclic) bond motifs is 1. The molecule has 138 valence electrons. The van der Waals surface area contributed by atoms with Crippen LogP contribution >= 0.6 is 0 Å². The normalized spacial score (nSPS) is 15.3. The van der Waals surface area contributed by atoms with Crippen LogP contribution in [0.15, 0.2) is 54.7 Å². The number of benzene rings is 2. The predicted octanol–water partition coefficient (Wildman–Crippen LogP) is 3.47. The molecule has 1 aromatic heterocycles. The van der Waals surface area contributed by atoms with Crippen LogP contribution in [0.25, 0.3) is 11.1 Å². The minimum Gasteiger partial charge on any atom is -0.488 e. The van der Waals surface area contributed by atoms with Crippen molar-refractivity contribution in [1.82, 2.24) is 14.7 Å². The second kappa shape index (κ2) is 6.91. The molecule has 0 saturated heterocycles. The average molecular weight is 361 g/mol. The summed E-state index contributed by atoms with van der Waals surface area (Å²) in [4.78, 5) is 14.7. The number of hydrogen-bond acceptors (Lipinski definition) is 3. The van der Waals surface area contributed by atoms with Crippen LogP contribution in [0.4, 0.5) is 0 Å². The fourth-order valence-corrected chi connectivity index (χ4v) is 3.57. The van der Waals surface area contributed by atoms with Gasteiger partial charge in [0, 0.05) is 37.3 Å². The van der Waals surface area contributed by atoms with Gasteiger partial charge in [0.1, 0.15) is 11.9 Å². The summed E-state index contributed by atoms with van der Waals surface area (Å²) in [6.45, 7) is 2.59. The first-order valence-electron chi connectivity index (χ1n) is 9.12. The van der Waals surface area contributed by atoms with Crippen LogP contribution < -0.4 is 4.74 Å². The third kappa shape index (κ3) is 3.33. The van der Waals surface area contributed by atoms with Gasteiger partial charge in [0.15, 0.2) is 0 Å². The average Bonchev–Trinajstić information content (AvgIpc) is 3.24. The lowest BCUT2D eigenvalue weighted by molar-refractivity contribution is 0.0730. The number of likely N-dealkylation sites (N-methyl/N-ethyl adjacent to an activating group) is 1. The molecule has 2 aromatic carbocycles. The fraction of sp³-hybridized carbons (Fsp3) is 0.273. The number of aromatic nitrogens is 2. The van der Waals surface area contributed by atoms with E-state index in [0.29, 0.717) is 12.1 Å². The Morgan fingerprint density at radius 2 is 2.07 bits per heavy atom. The van der Waals surface area contributed by atoms with Crippen LogP contribution in [0.3, 0.4) is 0 Å². The third-order valence-electron chi connectivity index (χ3n) is 5.19. The van der Waals surface area contributed by atoms with Crippen molar-refractivity contribution >= 4 is 5.91 Å². The minimum atomic E-state index is -0.00190. The quantitative estimate of drug-likeness (QED) is 0.715. The smallest absolute Gasteiger partial charge is 0.253 e. The standard InChI is InChI=1S/C22H23N3O2/c1-15-20(13-23-25(15)3)16-8-6-9-18(11-16)22(26)24(2)14-19-12-17-7-4-5-10-21(17)27-19/h4-11,13,19H,12,14H2,1-3H3. The first kappa shape index (κ1) is 17.3. The van der Waals surface area contributed by atoms with E-state index in [1.54, 1.807) is 4.90 Å². The van der Waals surface area contributed by atoms with Crippen molar-refractivity contribution < 1.29 is 9.53 Å². The van der Waals surface area contributed by atoms with Crippen molar-refractivity contribution in [3.8, 4) is 16.9 Å². The summed E-state index contributed by atoms with van der Waals surface area (Å²) in [5, 5.41) is 4.30. The molecule has 1 aliphatic heterocycles. The zero-order chi connectivity index (χ0) is 19.0. The monoisotopic (exact) mass is 361 g/mol. The van der Waals surface area contributed by atoms with E-state index in [1.807, 2.05) is 74.4 Å². The van der Waals surface area contributed by atoms with Gasteiger partial charge in [-0.2, -0.15) is 5.10 Å². The molecular formula is C22H23N3O2. The fourth-order valence-electron chi connectivity index (χ4n) is 3.57. The molecule has 0 bridgehead atoms. The first-order valence-corrected chi connectivity index (χ1v) is 9.12. The molecule has 5 nitrogen and oxygen atoms in total. The molecule has 1 unspecified atom stereocenters. The number of carbonyl (C=O) groups is 1. The van der Waals surface area contributed by atoms with Gasteiger partial charge >= 0.3 is 0 Å². The highest BCUT2D eigenvalue weighted by atomic mass is 16.5. The van der Waals surface area contributed by atoms with Crippen molar-refractivity contribution in [2.24, 2.45) is 7.05 Å². The Kier molecular flexibility index (Phi) is 4.44. The first-order chi connectivity index (χ1) is 13.0. The summed E-state index contributed by atoms with van der Waals surface area (Å²) in [6, 6.07) is 15.8. The number of para-hydroxylation sites is 1. The molecule has 0 fully saturated rings. The second-order valence-electron chi connectivity index (χ2n) is 7.09. The van der Waals surface area contributed by atoms with Gasteiger partial charge in [-0.1, -0.05) is 30.3 Å². The van der Waals surface area contributed by atoms with E-state index in [0.717, 1.165) is 29.0 Å². The number of hydrogen-bond donors (Lipinski definition) is 0. The number of aryl methyl sites for hydroxylation is 1. The molecule has 3 aromatic rings. The number of carbonyl (C=O) groups excluding carboxylic acids is 1. The summed E-state index contributed by atoms with van der Waals surface area (Å²) in [7, 11) is 3.75. The van der Waals surface area contributed by atoms with E-state index in [2.05, 4.69) is 11.2 Å². The highest BCUT2D eigenvalue weighted by Gasteiger charge is 2.25. The molecule has 27 heavy (non-hydrogen) atoms. The Morgan fingerprint density at radius 1 is 1.26 bits per heavy atom. The highest BCUT2D eigenvalue weighted by Crippen LogP contribution is 2.29. The van der Waals surface area contributed by atoms with E-state index < -0.39 is 0 Å². The van der Waals surface area contributed by atoms with Gasteiger partial charge in [-0.15, -0.1) is 0 Å². The van der Waals surface area contributed by atoms with E-state index in [-0.39, 0.29) is 12.0 Å². The zero-order valence-corrected chi connectivity index (χ0v) is 15.8. The Bertz CT molecular complexity index is 968. The van der Waals surface area contributed by atoms with Gasteiger partial charge in [0.05, 0.1) is 12.7 Å². The molecule has 0 saturated carbocycles.